The first kappa shape index (κ1) is 16.0. The minimum Gasteiger partial charge on any atom is -0.500 e. The quantitative estimate of drug-likeness (QED) is 0.618. The first-order chi connectivity index (χ1) is 10.9. The number of ether oxygens (including phenoxy) is 1. The van der Waals surface area contributed by atoms with E-state index in [9.17, 15) is 25.3 Å². The standard InChI is InChI=1S/C14H13N3O6/c1-23-13-6-9(5-12(14(13)18)17(21)22)8-15-10-3-2-4-11(7-10)16(19)20/h2-7,15,18H,8H2,1H3. The lowest BCUT2D eigenvalue weighted by atomic mass is 10.1. The van der Waals surface area contributed by atoms with Gasteiger partial charge in [-0.05, 0) is 17.7 Å². The number of aromatic hydroxyl groups is 1. The number of nitrogens with one attached hydrogen (secondary N) is 1. The molecule has 2 aromatic carbocycles. The first-order valence-electron chi connectivity index (χ1n) is 6.45. The Hall–Kier alpha value is -3.36. The minimum atomic E-state index is -0.714. The summed E-state index contributed by atoms with van der Waals surface area (Å²) in [5, 5.41) is 34.3. The van der Waals surface area contributed by atoms with Crippen LogP contribution in [0.1, 0.15) is 5.56 Å². The Bertz CT molecular complexity index is 762. The van der Waals surface area contributed by atoms with Crippen LogP contribution < -0.4 is 10.1 Å². The zero-order valence-corrected chi connectivity index (χ0v) is 12.1. The Morgan fingerprint density at radius 3 is 2.52 bits per heavy atom. The summed E-state index contributed by atoms with van der Waals surface area (Å²) < 4.78 is 4.91. The molecular formula is C14H13N3O6. The third-order valence-electron chi connectivity index (χ3n) is 3.08. The molecule has 120 valence electrons. The van der Waals surface area contributed by atoms with Gasteiger partial charge < -0.3 is 15.2 Å². The largest absolute Gasteiger partial charge is 0.500 e. The van der Waals surface area contributed by atoms with Crippen molar-refractivity contribution in [3.05, 3.63) is 62.2 Å². The van der Waals surface area contributed by atoms with Crippen LogP contribution in [-0.2, 0) is 6.54 Å². The van der Waals surface area contributed by atoms with E-state index in [0.717, 1.165) is 0 Å². The van der Waals surface area contributed by atoms with Gasteiger partial charge in [-0.25, -0.2) is 0 Å². The van der Waals surface area contributed by atoms with Gasteiger partial charge >= 0.3 is 5.69 Å². The summed E-state index contributed by atoms with van der Waals surface area (Å²) in [6, 6.07) is 8.54. The highest BCUT2D eigenvalue weighted by Gasteiger charge is 2.19. The minimum absolute atomic E-state index is 0.0185. The van der Waals surface area contributed by atoms with Crippen LogP contribution in [0.4, 0.5) is 17.1 Å². The summed E-state index contributed by atoms with van der Waals surface area (Å²) in [5.74, 6) is -0.563. The van der Waals surface area contributed by atoms with Crippen molar-refractivity contribution in [3.63, 3.8) is 0 Å². The monoisotopic (exact) mass is 319 g/mol. The van der Waals surface area contributed by atoms with Crippen molar-refractivity contribution in [2.24, 2.45) is 0 Å². The molecule has 0 aromatic heterocycles. The molecule has 2 rings (SSSR count). The summed E-state index contributed by atoms with van der Waals surface area (Å²) in [6.45, 7) is 0.165. The van der Waals surface area contributed by atoms with Crippen LogP contribution in [0.15, 0.2) is 36.4 Å². The summed E-state index contributed by atoms with van der Waals surface area (Å²) in [4.78, 5) is 20.4. The smallest absolute Gasteiger partial charge is 0.315 e. The zero-order chi connectivity index (χ0) is 17.0. The summed E-state index contributed by atoms with van der Waals surface area (Å²) in [7, 11) is 1.29. The van der Waals surface area contributed by atoms with E-state index in [1.807, 2.05) is 0 Å². The Morgan fingerprint density at radius 2 is 1.91 bits per heavy atom. The second-order valence-corrected chi connectivity index (χ2v) is 4.58. The van der Waals surface area contributed by atoms with Crippen molar-refractivity contribution in [3.8, 4) is 11.5 Å². The summed E-state index contributed by atoms with van der Waals surface area (Å²) in [6.07, 6.45) is 0. The molecule has 9 nitrogen and oxygen atoms in total. The number of benzene rings is 2. The predicted molar refractivity (Wildman–Crippen MR) is 81.7 cm³/mol. The van der Waals surface area contributed by atoms with Crippen molar-refractivity contribution in [1.29, 1.82) is 0 Å². The summed E-state index contributed by atoms with van der Waals surface area (Å²) >= 11 is 0. The molecule has 0 aliphatic heterocycles. The van der Waals surface area contributed by atoms with Gasteiger partial charge in [-0.1, -0.05) is 6.07 Å². The van der Waals surface area contributed by atoms with Gasteiger partial charge in [0.15, 0.2) is 5.75 Å². The first-order valence-corrected chi connectivity index (χ1v) is 6.45. The van der Waals surface area contributed by atoms with Crippen LogP contribution in [0.5, 0.6) is 11.5 Å². The fourth-order valence-corrected chi connectivity index (χ4v) is 1.98. The lowest BCUT2D eigenvalue weighted by Gasteiger charge is -2.09. The van der Waals surface area contributed by atoms with Crippen molar-refractivity contribution in [2.75, 3.05) is 12.4 Å². The molecule has 0 aliphatic rings. The second-order valence-electron chi connectivity index (χ2n) is 4.58. The topological polar surface area (TPSA) is 128 Å². The Balaban J connectivity index is 2.23. The Labute approximate surface area is 130 Å². The molecule has 0 unspecified atom stereocenters. The van der Waals surface area contributed by atoms with Crippen molar-refractivity contribution < 1.29 is 19.7 Å². The molecule has 0 saturated heterocycles. The highest BCUT2D eigenvalue weighted by Crippen LogP contribution is 2.37. The average molecular weight is 319 g/mol. The molecule has 0 spiro atoms. The van der Waals surface area contributed by atoms with E-state index in [0.29, 0.717) is 11.3 Å². The van der Waals surface area contributed by atoms with Gasteiger partial charge in [0.25, 0.3) is 5.69 Å². The molecule has 9 heteroatoms. The molecule has 0 aliphatic carbocycles. The lowest BCUT2D eigenvalue weighted by molar-refractivity contribution is -0.386. The molecule has 0 saturated carbocycles. The summed E-state index contributed by atoms with van der Waals surface area (Å²) in [5.41, 5.74) is 0.441. The van der Waals surface area contributed by atoms with Crippen LogP contribution in [0.25, 0.3) is 0 Å². The molecule has 23 heavy (non-hydrogen) atoms. The second kappa shape index (κ2) is 6.60. The number of nitro groups is 2. The van der Waals surface area contributed by atoms with Gasteiger partial charge in [0.2, 0.25) is 5.75 Å². The van der Waals surface area contributed by atoms with Crippen molar-refractivity contribution in [1.82, 2.24) is 0 Å². The number of phenols is 1. The molecule has 0 amide bonds. The van der Waals surface area contributed by atoms with Crippen molar-refractivity contribution >= 4 is 17.1 Å². The molecule has 2 N–H and O–H groups in total. The molecule has 0 fully saturated rings. The highest BCUT2D eigenvalue weighted by atomic mass is 16.6. The van der Waals surface area contributed by atoms with Crippen LogP contribution >= 0.6 is 0 Å². The zero-order valence-electron chi connectivity index (χ0n) is 12.1. The van der Waals surface area contributed by atoms with Crippen LogP contribution in [0.3, 0.4) is 0 Å². The fraction of sp³-hybridized carbons (Fsp3) is 0.143. The molecule has 2 aromatic rings. The molecular weight excluding hydrogens is 306 g/mol. The van der Waals surface area contributed by atoms with E-state index in [4.69, 9.17) is 4.74 Å². The van der Waals surface area contributed by atoms with Crippen molar-refractivity contribution in [2.45, 2.75) is 6.54 Å². The number of hydrogen-bond acceptors (Lipinski definition) is 7. The number of rotatable bonds is 6. The van der Waals surface area contributed by atoms with Gasteiger partial charge in [0.1, 0.15) is 0 Å². The third kappa shape index (κ3) is 3.64. The molecule has 0 atom stereocenters. The van der Waals surface area contributed by atoms with E-state index in [-0.39, 0.29) is 18.0 Å². The maximum Gasteiger partial charge on any atom is 0.315 e. The average Bonchev–Trinajstić information content (AvgIpc) is 2.53. The molecule has 0 bridgehead atoms. The third-order valence-corrected chi connectivity index (χ3v) is 3.08. The molecule has 0 heterocycles. The van der Waals surface area contributed by atoms with E-state index < -0.39 is 21.3 Å². The highest BCUT2D eigenvalue weighted by molar-refractivity contribution is 5.58. The number of methoxy groups -OCH3 is 1. The van der Waals surface area contributed by atoms with Gasteiger partial charge in [-0.15, -0.1) is 0 Å². The van der Waals surface area contributed by atoms with Gasteiger partial charge in [0.05, 0.1) is 17.0 Å². The normalized spacial score (nSPS) is 10.1. The van der Waals surface area contributed by atoms with Gasteiger partial charge in [-0.2, -0.15) is 0 Å². The van der Waals surface area contributed by atoms with E-state index in [1.165, 1.54) is 37.4 Å². The number of nitrogens with zero attached hydrogens (tertiary/aromatic N) is 2. The van der Waals surface area contributed by atoms with E-state index >= 15 is 0 Å². The number of phenolic OH excluding ortho intramolecular Hbond substituents is 1. The maximum atomic E-state index is 10.9. The van der Waals surface area contributed by atoms with E-state index in [2.05, 4.69) is 5.32 Å². The van der Waals surface area contributed by atoms with Crippen LogP contribution in [0.2, 0.25) is 0 Å². The fourth-order valence-electron chi connectivity index (χ4n) is 1.98. The number of anilines is 1. The number of nitro benzene ring substituents is 2. The van der Waals surface area contributed by atoms with Gasteiger partial charge in [-0.3, -0.25) is 20.2 Å². The lowest BCUT2D eigenvalue weighted by Crippen LogP contribution is -2.02. The van der Waals surface area contributed by atoms with Crippen LogP contribution in [0, 0.1) is 20.2 Å². The molecule has 0 radical (unpaired) electrons. The van der Waals surface area contributed by atoms with Gasteiger partial charge in [0, 0.05) is 30.4 Å². The predicted octanol–water partition coefficient (Wildman–Crippen LogP) is 2.83. The van der Waals surface area contributed by atoms with Crippen LogP contribution in [-0.4, -0.2) is 22.1 Å². The van der Waals surface area contributed by atoms with E-state index in [1.54, 1.807) is 6.07 Å². The SMILES string of the molecule is COc1cc(CNc2cccc([N+](=O)[O-])c2)cc([N+](=O)[O-])c1O. The maximum absolute atomic E-state index is 10.9. The Kier molecular flexibility index (Phi) is 4.60. The Morgan fingerprint density at radius 1 is 1.17 bits per heavy atom. The number of hydrogen-bond donors (Lipinski definition) is 2. The number of non-ortho nitro benzene ring substituents is 1.